The molecule has 12 aromatic rings. The normalized spacial score (nSPS) is 13.2. The lowest BCUT2D eigenvalue weighted by Gasteiger charge is -2.31. The average Bonchev–Trinajstić information content (AvgIpc) is 3.99. The number of nitrogens with zero attached hydrogens (tertiary/aromatic N) is 1. The van der Waals surface area contributed by atoms with Crippen molar-refractivity contribution in [1.29, 1.82) is 0 Å². The summed E-state index contributed by atoms with van der Waals surface area (Å²) in [6, 6.07) is 82.8. The van der Waals surface area contributed by atoms with Gasteiger partial charge in [0.15, 0.2) is 0 Å². The van der Waals surface area contributed by atoms with Gasteiger partial charge in [0.05, 0.1) is 5.41 Å². The number of hydrogen-bond donors (Lipinski definition) is 0. The van der Waals surface area contributed by atoms with Crippen molar-refractivity contribution in [2.75, 3.05) is 4.90 Å². The largest absolute Gasteiger partial charge is 0.455 e. The highest BCUT2D eigenvalue weighted by atomic mass is 16.3. The summed E-state index contributed by atoms with van der Waals surface area (Å²) < 4.78 is 6.51. The number of benzene rings is 11. The van der Waals surface area contributed by atoms with Gasteiger partial charge in [-0.25, -0.2) is 0 Å². The van der Waals surface area contributed by atoms with E-state index in [9.17, 15) is 0 Å². The monoisotopic (exact) mass is 799 g/mol. The van der Waals surface area contributed by atoms with E-state index in [1.807, 2.05) is 6.07 Å². The smallest absolute Gasteiger partial charge is 0.143 e. The molecule has 11 aromatic carbocycles. The van der Waals surface area contributed by atoms with Crippen LogP contribution in [0.3, 0.4) is 0 Å². The molecule has 63 heavy (non-hydrogen) atoms. The maximum Gasteiger partial charge on any atom is 0.143 e. The number of rotatable bonds is 4. The van der Waals surface area contributed by atoms with Crippen LogP contribution in [-0.2, 0) is 5.41 Å². The van der Waals surface area contributed by atoms with E-state index in [2.05, 4.69) is 223 Å². The van der Waals surface area contributed by atoms with Gasteiger partial charge in [0, 0.05) is 33.4 Å². The highest BCUT2D eigenvalue weighted by Gasteiger charge is 2.51. The Kier molecular flexibility index (Phi) is 7.07. The van der Waals surface area contributed by atoms with Crippen LogP contribution < -0.4 is 4.90 Å². The molecule has 2 aliphatic carbocycles. The molecule has 1 aromatic heterocycles. The first-order valence-electron chi connectivity index (χ1n) is 21.8. The molecule has 0 saturated carbocycles. The predicted molar refractivity (Wildman–Crippen MR) is 263 cm³/mol. The van der Waals surface area contributed by atoms with Crippen molar-refractivity contribution in [3.05, 3.63) is 247 Å². The Morgan fingerprint density at radius 3 is 1.38 bits per heavy atom. The Labute approximate surface area is 364 Å². The quantitative estimate of drug-likeness (QED) is 0.165. The molecule has 0 fully saturated rings. The Morgan fingerprint density at radius 1 is 0.286 bits per heavy atom. The summed E-state index contributed by atoms with van der Waals surface area (Å²) in [5, 5.41) is 9.84. The zero-order valence-electron chi connectivity index (χ0n) is 34.2. The van der Waals surface area contributed by atoms with E-state index in [4.69, 9.17) is 4.42 Å². The van der Waals surface area contributed by atoms with Gasteiger partial charge in [-0.2, -0.15) is 0 Å². The lowest BCUT2D eigenvalue weighted by molar-refractivity contribution is 0.670. The Bertz CT molecular complexity index is 3790. The number of para-hydroxylation sites is 2. The minimum Gasteiger partial charge on any atom is -0.455 e. The molecule has 0 saturated heterocycles. The maximum atomic E-state index is 6.51. The Hall–Kier alpha value is -8.20. The van der Waals surface area contributed by atoms with Crippen LogP contribution in [-0.4, -0.2) is 0 Å². The number of hydrogen-bond acceptors (Lipinski definition) is 2. The van der Waals surface area contributed by atoms with Gasteiger partial charge in [0.25, 0.3) is 0 Å². The van der Waals surface area contributed by atoms with Crippen LogP contribution in [0, 0.1) is 0 Å². The lowest BCUT2D eigenvalue weighted by atomic mass is 9.70. The highest BCUT2D eigenvalue weighted by Crippen LogP contribution is 2.63. The molecule has 0 aliphatic heterocycles. The summed E-state index contributed by atoms with van der Waals surface area (Å²) in [6.07, 6.45) is 0. The SMILES string of the molecule is c1ccc2c(c1)-c1ccccc1C21c2ccccc2-c2cc(N(c3ccc(-c4cccc5c4oc4ccccc45)cc3)c3ccc4c5ccccc5c5ccccc5c4c3)ccc21. The second-order valence-corrected chi connectivity index (χ2v) is 17.1. The molecular weight excluding hydrogens is 763 g/mol. The summed E-state index contributed by atoms with van der Waals surface area (Å²) in [7, 11) is 0. The fourth-order valence-electron chi connectivity index (χ4n) is 11.5. The van der Waals surface area contributed by atoms with Crippen molar-refractivity contribution in [3.63, 3.8) is 0 Å². The standard InChI is InChI=1S/C61H37NO/c1-2-16-45-43(14-1)44-15-3-4-17-46(44)53-36-40(32-34-47(45)53)62(39-30-28-38(29-31-39)42-22-13-23-52-51-21-8-12-27-59(51)63-60(42)52)41-33-35-58-54(37-41)50-20-7-11-26-57(50)61(58)55-24-9-5-18-48(55)49-19-6-10-25-56(49)61/h1-37H. The van der Waals surface area contributed by atoms with Gasteiger partial charge >= 0.3 is 0 Å². The van der Waals surface area contributed by atoms with Gasteiger partial charge in [-0.1, -0.05) is 182 Å². The lowest BCUT2D eigenvalue weighted by Crippen LogP contribution is -2.25. The van der Waals surface area contributed by atoms with Gasteiger partial charge in [-0.15, -0.1) is 0 Å². The van der Waals surface area contributed by atoms with Crippen LogP contribution >= 0.6 is 0 Å². The minimum atomic E-state index is -0.398. The van der Waals surface area contributed by atoms with Crippen LogP contribution in [0.5, 0.6) is 0 Å². The van der Waals surface area contributed by atoms with Crippen molar-refractivity contribution in [3.8, 4) is 33.4 Å². The zero-order valence-corrected chi connectivity index (χ0v) is 34.2. The van der Waals surface area contributed by atoms with Gasteiger partial charge in [-0.3, -0.25) is 0 Å². The van der Waals surface area contributed by atoms with E-state index >= 15 is 0 Å². The molecule has 14 rings (SSSR count). The summed E-state index contributed by atoms with van der Waals surface area (Å²) >= 11 is 0. The fourth-order valence-corrected chi connectivity index (χ4v) is 11.5. The molecule has 2 heteroatoms. The van der Waals surface area contributed by atoms with Crippen LogP contribution in [0.25, 0.3) is 87.6 Å². The van der Waals surface area contributed by atoms with Crippen molar-refractivity contribution < 1.29 is 4.42 Å². The molecule has 0 unspecified atom stereocenters. The predicted octanol–water partition coefficient (Wildman–Crippen LogP) is 16.5. The topological polar surface area (TPSA) is 16.4 Å². The van der Waals surface area contributed by atoms with E-state index in [1.165, 1.54) is 76.8 Å². The van der Waals surface area contributed by atoms with E-state index in [0.29, 0.717) is 0 Å². The van der Waals surface area contributed by atoms with Crippen molar-refractivity contribution in [1.82, 2.24) is 0 Å². The summed E-state index contributed by atoms with van der Waals surface area (Å²) in [5.41, 5.74) is 17.5. The zero-order chi connectivity index (χ0) is 41.2. The van der Waals surface area contributed by atoms with Crippen LogP contribution in [0.1, 0.15) is 22.3 Å². The summed E-state index contributed by atoms with van der Waals surface area (Å²) in [6.45, 7) is 0. The number of fused-ring (bicyclic) bond motifs is 19. The summed E-state index contributed by atoms with van der Waals surface area (Å²) in [5.74, 6) is 0. The Morgan fingerprint density at radius 2 is 0.730 bits per heavy atom. The molecule has 0 atom stereocenters. The number of furan rings is 1. The van der Waals surface area contributed by atoms with Crippen molar-refractivity contribution in [2.45, 2.75) is 5.41 Å². The van der Waals surface area contributed by atoms with Gasteiger partial charge in [0.2, 0.25) is 0 Å². The minimum absolute atomic E-state index is 0.398. The molecule has 0 N–H and O–H groups in total. The fraction of sp³-hybridized carbons (Fsp3) is 0.0164. The summed E-state index contributed by atoms with van der Waals surface area (Å²) in [4.78, 5) is 2.44. The van der Waals surface area contributed by atoms with E-state index in [0.717, 1.165) is 50.1 Å². The molecule has 0 bridgehead atoms. The first-order chi connectivity index (χ1) is 31.3. The second-order valence-electron chi connectivity index (χ2n) is 17.1. The third-order valence-corrected chi connectivity index (χ3v) is 14.1. The van der Waals surface area contributed by atoms with Gasteiger partial charge < -0.3 is 9.32 Å². The first kappa shape index (κ1) is 34.5. The molecule has 0 amide bonds. The molecule has 1 heterocycles. The molecular formula is C61H37NO. The molecule has 292 valence electrons. The van der Waals surface area contributed by atoms with Crippen LogP contribution in [0.4, 0.5) is 17.1 Å². The van der Waals surface area contributed by atoms with Crippen molar-refractivity contribution >= 4 is 71.3 Å². The van der Waals surface area contributed by atoms with E-state index in [-0.39, 0.29) is 0 Å². The number of anilines is 3. The third-order valence-electron chi connectivity index (χ3n) is 14.1. The molecule has 0 radical (unpaired) electrons. The van der Waals surface area contributed by atoms with Gasteiger partial charge in [-0.05, 0) is 125 Å². The van der Waals surface area contributed by atoms with E-state index in [1.54, 1.807) is 0 Å². The second kappa shape index (κ2) is 12.9. The average molecular weight is 800 g/mol. The highest BCUT2D eigenvalue weighted by molar-refractivity contribution is 6.26. The molecule has 1 spiro atoms. The third kappa shape index (κ3) is 4.67. The molecule has 2 nitrogen and oxygen atoms in total. The van der Waals surface area contributed by atoms with Crippen molar-refractivity contribution in [2.24, 2.45) is 0 Å². The molecule has 2 aliphatic rings. The Balaban J connectivity index is 0.997. The van der Waals surface area contributed by atoms with Crippen LogP contribution in [0.2, 0.25) is 0 Å². The van der Waals surface area contributed by atoms with Gasteiger partial charge in [0.1, 0.15) is 11.2 Å². The maximum absolute atomic E-state index is 6.51. The first-order valence-corrected chi connectivity index (χ1v) is 21.8. The van der Waals surface area contributed by atoms with E-state index < -0.39 is 5.41 Å². The van der Waals surface area contributed by atoms with Crippen LogP contribution in [0.15, 0.2) is 229 Å².